The maximum Gasteiger partial charge on any atom is 0.243 e. The third-order valence-corrected chi connectivity index (χ3v) is 6.05. The van der Waals surface area contributed by atoms with Gasteiger partial charge in [-0.1, -0.05) is 59.7 Å². The highest BCUT2D eigenvalue weighted by molar-refractivity contribution is 7.89. The van der Waals surface area contributed by atoms with Gasteiger partial charge in [-0.05, 0) is 38.5 Å². The largest absolute Gasteiger partial charge is 0.303 e. The molecule has 0 fully saturated rings. The lowest BCUT2D eigenvalue weighted by Gasteiger charge is -2.29. The third kappa shape index (κ3) is 4.90. The predicted octanol–water partition coefficient (Wildman–Crippen LogP) is 4.28. The molecule has 5 heteroatoms. The van der Waals surface area contributed by atoms with Gasteiger partial charge in [-0.25, -0.2) is 8.42 Å². The lowest BCUT2D eigenvalue weighted by Crippen LogP contribution is -2.35. The molecule has 0 heterocycles. The van der Waals surface area contributed by atoms with Crippen molar-refractivity contribution in [2.75, 3.05) is 6.54 Å². The van der Waals surface area contributed by atoms with Crippen LogP contribution in [0.3, 0.4) is 0 Å². The van der Waals surface area contributed by atoms with Gasteiger partial charge in [0.15, 0.2) is 0 Å². The summed E-state index contributed by atoms with van der Waals surface area (Å²) in [5.41, 5.74) is 2.82. The van der Waals surface area contributed by atoms with Crippen LogP contribution in [-0.4, -0.2) is 25.6 Å². The second-order valence-corrected chi connectivity index (χ2v) is 8.39. The fourth-order valence-corrected chi connectivity index (χ4v) is 4.26. The van der Waals surface area contributed by atoms with Crippen molar-refractivity contribution >= 4 is 16.3 Å². The molecule has 0 radical (unpaired) electrons. The Hall–Kier alpha value is -2.24. The number of sulfonamides is 1. The number of hydrogen-bond acceptors (Lipinski definition) is 3. The number of rotatable bonds is 8. The first-order valence-electron chi connectivity index (χ1n) is 8.56. The van der Waals surface area contributed by atoms with Gasteiger partial charge in [-0.3, -0.25) is 0 Å². The van der Waals surface area contributed by atoms with E-state index >= 15 is 0 Å². The van der Waals surface area contributed by atoms with Crippen LogP contribution >= 0.6 is 0 Å². The van der Waals surface area contributed by atoms with Crippen LogP contribution in [0.1, 0.15) is 37.4 Å². The Morgan fingerprint density at radius 1 is 1.04 bits per heavy atom. The second kappa shape index (κ2) is 8.92. The van der Waals surface area contributed by atoms with Crippen LogP contribution in [0.25, 0.3) is 0 Å². The average Bonchev–Trinajstić information content (AvgIpc) is 2.61. The molecule has 0 aromatic heterocycles. The molecule has 0 aliphatic carbocycles. The molecule has 0 N–H and O–H groups in total. The molecule has 26 heavy (non-hydrogen) atoms. The quantitative estimate of drug-likeness (QED) is 0.514. The SMILES string of the molecule is CC(C)=CCN([C@H](CC=O)c1ccccc1)S(=O)(=O)c1ccc(C)cc1. The molecule has 0 unspecified atom stereocenters. The maximum atomic E-state index is 13.3. The highest BCUT2D eigenvalue weighted by Crippen LogP contribution is 2.30. The van der Waals surface area contributed by atoms with Crippen LogP contribution < -0.4 is 0 Å². The van der Waals surface area contributed by atoms with Gasteiger partial charge >= 0.3 is 0 Å². The summed E-state index contributed by atoms with van der Waals surface area (Å²) in [6.45, 7) is 5.98. The van der Waals surface area contributed by atoms with Crippen molar-refractivity contribution in [1.82, 2.24) is 4.31 Å². The molecule has 4 nitrogen and oxygen atoms in total. The number of aldehydes is 1. The van der Waals surface area contributed by atoms with E-state index in [-0.39, 0.29) is 17.9 Å². The standard InChI is InChI=1S/C21H25NO3S/c1-17(2)13-15-22(21(14-16-23)19-7-5-4-6-8-19)26(24,25)20-11-9-18(3)10-12-20/h4-13,16,21H,14-15H2,1-3H3/t21-/m1/s1. The molecule has 0 aliphatic rings. The predicted molar refractivity (Wildman–Crippen MR) is 104 cm³/mol. The number of nitrogens with zero attached hydrogens (tertiary/aromatic N) is 1. The number of carbonyl (C=O) groups is 1. The first-order valence-corrected chi connectivity index (χ1v) is 10.0. The number of allylic oxidation sites excluding steroid dienone is 1. The summed E-state index contributed by atoms with van der Waals surface area (Å²) >= 11 is 0. The molecule has 0 saturated carbocycles. The van der Waals surface area contributed by atoms with Crippen molar-refractivity contribution in [2.45, 2.75) is 38.1 Å². The van der Waals surface area contributed by atoms with Crippen molar-refractivity contribution in [1.29, 1.82) is 0 Å². The Balaban J connectivity index is 2.54. The van der Waals surface area contributed by atoms with E-state index in [2.05, 4.69) is 0 Å². The van der Waals surface area contributed by atoms with Crippen molar-refractivity contribution in [3.63, 3.8) is 0 Å². The number of aryl methyl sites for hydroxylation is 1. The van der Waals surface area contributed by atoms with Crippen LogP contribution in [0, 0.1) is 6.92 Å². The Bertz CT molecular complexity index is 852. The zero-order valence-electron chi connectivity index (χ0n) is 15.4. The first kappa shape index (κ1) is 20.1. The molecule has 0 aliphatic heterocycles. The Kier molecular flexibility index (Phi) is 6.89. The topological polar surface area (TPSA) is 54.5 Å². The highest BCUT2D eigenvalue weighted by Gasteiger charge is 2.31. The van der Waals surface area contributed by atoms with Gasteiger partial charge in [0, 0.05) is 13.0 Å². The lowest BCUT2D eigenvalue weighted by molar-refractivity contribution is -0.108. The van der Waals surface area contributed by atoms with Crippen molar-refractivity contribution in [3.8, 4) is 0 Å². The van der Waals surface area contributed by atoms with E-state index in [1.807, 2.05) is 57.2 Å². The molecule has 0 spiro atoms. The van der Waals surface area contributed by atoms with Crippen LogP contribution in [0.2, 0.25) is 0 Å². The number of benzene rings is 2. The molecular weight excluding hydrogens is 346 g/mol. The van der Waals surface area contributed by atoms with E-state index in [1.165, 1.54) is 4.31 Å². The van der Waals surface area contributed by atoms with Gasteiger partial charge in [0.2, 0.25) is 10.0 Å². The summed E-state index contributed by atoms with van der Waals surface area (Å²) in [6.07, 6.45) is 2.75. The Labute approximate surface area is 156 Å². The molecule has 2 aromatic rings. The third-order valence-electron chi connectivity index (χ3n) is 4.16. The number of hydrogen-bond donors (Lipinski definition) is 0. The second-order valence-electron chi connectivity index (χ2n) is 6.50. The minimum absolute atomic E-state index is 0.103. The van der Waals surface area contributed by atoms with Crippen molar-refractivity contribution < 1.29 is 13.2 Å². The molecular formula is C21H25NO3S. The molecule has 138 valence electrons. The van der Waals surface area contributed by atoms with Gasteiger partial charge in [0.05, 0.1) is 10.9 Å². The smallest absolute Gasteiger partial charge is 0.243 e. The van der Waals surface area contributed by atoms with E-state index in [4.69, 9.17) is 0 Å². The zero-order valence-corrected chi connectivity index (χ0v) is 16.2. The van der Waals surface area contributed by atoms with Crippen LogP contribution in [0.15, 0.2) is 71.1 Å². The van der Waals surface area contributed by atoms with E-state index < -0.39 is 16.1 Å². The molecule has 0 bridgehead atoms. The monoisotopic (exact) mass is 371 g/mol. The summed E-state index contributed by atoms with van der Waals surface area (Å²) in [5, 5.41) is 0. The maximum absolute atomic E-state index is 13.3. The number of carbonyl (C=O) groups excluding carboxylic acids is 1. The van der Waals surface area contributed by atoms with E-state index in [9.17, 15) is 13.2 Å². The zero-order chi connectivity index (χ0) is 19.2. The van der Waals surface area contributed by atoms with E-state index in [1.54, 1.807) is 24.3 Å². The van der Waals surface area contributed by atoms with Crippen molar-refractivity contribution in [2.24, 2.45) is 0 Å². The molecule has 2 aromatic carbocycles. The summed E-state index contributed by atoms with van der Waals surface area (Å²) in [4.78, 5) is 11.5. The fourth-order valence-electron chi connectivity index (χ4n) is 2.70. The molecule has 2 rings (SSSR count). The summed E-state index contributed by atoms with van der Waals surface area (Å²) in [6, 6.07) is 15.5. The molecule has 1 atom stereocenters. The van der Waals surface area contributed by atoms with Gasteiger partial charge < -0.3 is 4.79 Å². The summed E-state index contributed by atoms with van der Waals surface area (Å²) in [5.74, 6) is 0. The van der Waals surface area contributed by atoms with Gasteiger partial charge in [-0.2, -0.15) is 4.31 Å². The van der Waals surface area contributed by atoms with E-state index in [0.717, 1.165) is 23.0 Å². The van der Waals surface area contributed by atoms with Gasteiger partial charge in [-0.15, -0.1) is 0 Å². The fraction of sp³-hybridized carbons (Fsp3) is 0.286. The summed E-state index contributed by atoms with van der Waals surface area (Å²) < 4.78 is 28.1. The minimum atomic E-state index is -3.75. The molecule has 0 saturated heterocycles. The van der Waals surface area contributed by atoms with E-state index in [0.29, 0.717) is 0 Å². The lowest BCUT2D eigenvalue weighted by atomic mass is 10.0. The van der Waals surface area contributed by atoms with Gasteiger partial charge in [0.25, 0.3) is 0 Å². The first-order chi connectivity index (χ1) is 12.4. The molecule has 0 amide bonds. The average molecular weight is 372 g/mol. The van der Waals surface area contributed by atoms with Gasteiger partial charge in [0.1, 0.15) is 6.29 Å². The van der Waals surface area contributed by atoms with Crippen LogP contribution in [0.4, 0.5) is 0 Å². The normalized spacial score (nSPS) is 12.6. The highest BCUT2D eigenvalue weighted by atomic mass is 32.2. The van der Waals surface area contributed by atoms with Crippen LogP contribution in [-0.2, 0) is 14.8 Å². The Morgan fingerprint density at radius 2 is 1.65 bits per heavy atom. The van der Waals surface area contributed by atoms with Crippen molar-refractivity contribution in [3.05, 3.63) is 77.4 Å². The van der Waals surface area contributed by atoms with Crippen LogP contribution in [0.5, 0.6) is 0 Å². The minimum Gasteiger partial charge on any atom is -0.303 e. The summed E-state index contributed by atoms with van der Waals surface area (Å²) in [7, 11) is -3.75. The Morgan fingerprint density at radius 3 is 2.19 bits per heavy atom.